The number of anilines is 1. The largest absolute Gasteiger partial charge is 0.443 e. The van der Waals surface area contributed by atoms with Gasteiger partial charge in [0, 0.05) is 23.0 Å². The van der Waals surface area contributed by atoms with Crippen LogP contribution in [0, 0.1) is 6.92 Å². The second kappa shape index (κ2) is 5.53. The molecule has 0 unspecified atom stereocenters. The maximum Gasteiger partial charge on any atom is 0.415 e. The van der Waals surface area contributed by atoms with E-state index in [9.17, 15) is 4.79 Å². The lowest BCUT2D eigenvalue weighted by molar-refractivity contribution is 0.0562. The summed E-state index contributed by atoms with van der Waals surface area (Å²) >= 11 is 3.58. The summed E-state index contributed by atoms with van der Waals surface area (Å²) in [6.07, 6.45) is 0.726. The minimum absolute atomic E-state index is 0.194. The minimum atomic E-state index is -0.481. The van der Waals surface area contributed by atoms with E-state index in [1.165, 1.54) is 5.56 Å². The number of nitrogens with zero attached hydrogens (tertiary/aromatic N) is 1. The van der Waals surface area contributed by atoms with Gasteiger partial charge in [-0.1, -0.05) is 15.9 Å². The fourth-order valence-corrected chi connectivity index (χ4v) is 4.14. The van der Waals surface area contributed by atoms with E-state index >= 15 is 0 Å². The van der Waals surface area contributed by atoms with Gasteiger partial charge in [-0.2, -0.15) is 0 Å². The van der Waals surface area contributed by atoms with Crippen molar-refractivity contribution in [1.82, 2.24) is 5.32 Å². The van der Waals surface area contributed by atoms with E-state index in [4.69, 9.17) is 4.74 Å². The lowest BCUT2D eigenvalue weighted by Gasteiger charge is -2.34. The molecule has 0 aromatic heterocycles. The predicted molar refractivity (Wildman–Crippen MR) is 91.6 cm³/mol. The van der Waals surface area contributed by atoms with Crippen LogP contribution in [-0.4, -0.2) is 30.8 Å². The highest BCUT2D eigenvalue weighted by Gasteiger charge is 2.45. The minimum Gasteiger partial charge on any atom is -0.443 e. The van der Waals surface area contributed by atoms with Crippen LogP contribution >= 0.6 is 15.9 Å². The van der Waals surface area contributed by atoms with Gasteiger partial charge < -0.3 is 10.1 Å². The predicted octanol–water partition coefficient (Wildman–Crippen LogP) is 3.96. The highest BCUT2D eigenvalue weighted by molar-refractivity contribution is 9.10. The number of hydrogen-bond acceptors (Lipinski definition) is 3. The summed E-state index contributed by atoms with van der Waals surface area (Å²) in [6.45, 7) is 9.65. The molecule has 1 aromatic carbocycles. The molecule has 2 heterocycles. The first-order valence-electron chi connectivity index (χ1n) is 7.81. The molecule has 0 spiro atoms. The molecule has 5 heteroatoms. The first kappa shape index (κ1) is 15.8. The average molecular weight is 367 g/mol. The summed E-state index contributed by atoms with van der Waals surface area (Å²) in [7, 11) is 0. The number of ether oxygens (including phenoxy) is 1. The van der Waals surface area contributed by atoms with Gasteiger partial charge in [0.1, 0.15) is 5.60 Å². The van der Waals surface area contributed by atoms with E-state index in [0.29, 0.717) is 5.92 Å². The number of amides is 1. The lowest BCUT2D eigenvalue weighted by Crippen LogP contribution is -2.48. The third-order valence-electron chi connectivity index (χ3n) is 4.30. The van der Waals surface area contributed by atoms with E-state index in [-0.39, 0.29) is 12.1 Å². The number of carbonyl (C=O) groups excluding carboxylic acids is 1. The van der Waals surface area contributed by atoms with Crippen molar-refractivity contribution in [3.05, 3.63) is 27.7 Å². The Labute approximate surface area is 140 Å². The normalized spacial score (nSPS) is 24.0. The SMILES string of the molecule is Cc1cc(Br)cc2c1N(C(=O)OC(C)(C)C)[C@H]1CCNC[C@@H]21. The molecule has 1 saturated heterocycles. The number of aryl methyl sites for hydroxylation is 1. The molecule has 22 heavy (non-hydrogen) atoms. The van der Waals surface area contributed by atoms with Crippen molar-refractivity contribution in [2.45, 2.75) is 51.7 Å². The quantitative estimate of drug-likeness (QED) is 0.755. The van der Waals surface area contributed by atoms with Crippen molar-refractivity contribution < 1.29 is 9.53 Å². The number of halogens is 1. The van der Waals surface area contributed by atoms with Gasteiger partial charge in [-0.3, -0.25) is 4.90 Å². The van der Waals surface area contributed by atoms with Gasteiger partial charge in [-0.25, -0.2) is 4.79 Å². The van der Waals surface area contributed by atoms with Gasteiger partial charge in [0.25, 0.3) is 0 Å². The number of nitrogens with one attached hydrogen (secondary N) is 1. The number of hydrogen-bond donors (Lipinski definition) is 1. The fourth-order valence-electron chi connectivity index (χ4n) is 3.55. The van der Waals surface area contributed by atoms with Crippen LogP contribution in [0.1, 0.15) is 44.2 Å². The Hall–Kier alpha value is -1.07. The highest BCUT2D eigenvalue weighted by atomic mass is 79.9. The Morgan fingerprint density at radius 2 is 2.14 bits per heavy atom. The molecule has 1 fully saturated rings. The molecule has 1 aromatic rings. The van der Waals surface area contributed by atoms with E-state index in [0.717, 1.165) is 35.2 Å². The zero-order valence-corrected chi connectivity index (χ0v) is 15.2. The third-order valence-corrected chi connectivity index (χ3v) is 4.76. The third kappa shape index (κ3) is 2.76. The van der Waals surface area contributed by atoms with Crippen LogP contribution in [0.3, 0.4) is 0 Å². The molecule has 120 valence electrons. The molecule has 1 N–H and O–H groups in total. The standard InChI is InChI=1S/C17H23BrN2O2/c1-10-7-11(18)8-12-13-9-19-6-5-14(13)20(15(10)12)16(21)22-17(2,3)4/h7-8,13-14,19H,5-6,9H2,1-4H3/t13-,14-/m0/s1. The fraction of sp³-hybridized carbons (Fsp3) is 0.588. The molecule has 0 bridgehead atoms. The number of fused-ring (bicyclic) bond motifs is 3. The number of piperidine rings is 1. The van der Waals surface area contributed by atoms with Gasteiger partial charge in [0.05, 0.1) is 5.69 Å². The topological polar surface area (TPSA) is 41.6 Å². The van der Waals surface area contributed by atoms with Crippen LogP contribution in [0.2, 0.25) is 0 Å². The van der Waals surface area contributed by atoms with Gasteiger partial charge in [0.15, 0.2) is 0 Å². The molecular formula is C17H23BrN2O2. The zero-order chi connectivity index (χ0) is 16.1. The molecule has 0 aliphatic carbocycles. The monoisotopic (exact) mass is 366 g/mol. The summed E-state index contributed by atoms with van der Waals surface area (Å²) in [5.41, 5.74) is 2.92. The molecule has 0 saturated carbocycles. The average Bonchev–Trinajstić information content (AvgIpc) is 2.72. The molecule has 0 radical (unpaired) electrons. The summed E-state index contributed by atoms with van der Waals surface area (Å²) in [5.74, 6) is 0.340. The lowest BCUT2D eigenvalue weighted by atomic mass is 9.90. The van der Waals surface area contributed by atoms with E-state index < -0.39 is 5.60 Å². The summed E-state index contributed by atoms with van der Waals surface area (Å²) in [6, 6.07) is 4.41. The second-order valence-electron chi connectivity index (χ2n) is 7.18. The van der Waals surface area contributed by atoms with Crippen molar-refractivity contribution in [2.75, 3.05) is 18.0 Å². The maximum absolute atomic E-state index is 12.8. The number of carbonyl (C=O) groups is 1. The Balaban J connectivity index is 2.05. The van der Waals surface area contributed by atoms with E-state index in [2.05, 4.69) is 40.3 Å². The molecule has 2 aliphatic rings. The van der Waals surface area contributed by atoms with Crippen LogP contribution in [0.25, 0.3) is 0 Å². The molecule has 1 amide bonds. The van der Waals surface area contributed by atoms with Crippen LogP contribution in [0.15, 0.2) is 16.6 Å². The van der Waals surface area contributed by atoms with Gasteiger partial charge >= 0.3 is 6.09 Å². The zero-order valence-electron chi connectivity index (χ0n) is 13.6. The van der Waals surface area contributed by atoms with Crippen molar-refractivity contribution >= 4 is 27.7 Å². The Morgan fingerprint density at radius 3 is 2.82 bits per heavy atom. The second-order valence-corrected chi connectivity index (χ2v) is 8.09. The van der Waals surface area contributed by atoms with Crippen LogP contribution < -0.4 is 10.2 Å². The summed E-state index contributed by atoms with van der Waals surface area (Å²) < 4.78 is 6.74. The van der Waals surface area contributed by atoms with Gasteiger partial charge in [-0.05, 0) is 63.9 Å². The van der Waals surface area contributed by atoms with Gasteiger partial charge in [0.2, 0.25) is 0 Å². The molecular weight excluding hydrogens is 344 g/mol. The van der Waals surface area contributed by atoms with E-state index in [1.807, 2.05) is 25.7 Å². The van der Waals surface area contributed by atoms with Crippen LogP contribution in [-0.2, 0) is 4.74 Å². The van der Waals surface area contributed by atoms with Crippen molar-refractivity contribution in [2.24, 2.45) is 0 Å². The summed E-state index contributed by atoms with van der Waals surface area (Å²) in [4.78, 5) is 14.7. The Kier molecular flexibility index (Phi) is 3.98. The smallest absolute Gasteiger partial charge is 0.415 e. The van der Waals surface area contributed by atoms with E-state index in [1.54, 1.807) is 0 Å². The molecule has 2 aliphatic heterocycles. The summed E-state index contributed by atoms with van der Waals surface area (Å²) in [5, 5.41) is 3.45. The van der Waals surface area contributed by atoms with Crippen LogP contribution in [0.4, 0.5) is 10.5 Å². The van der Waals surface area contributed by atoms with Crippen molar-refractivity contribution in [3.63, 3.8) is 0 Å². The van der Waals surface area contributed by atoms with Gasteiger partial charge in [-0.15, -0.1) is 0 Å². The number of benzene rings is 1. The highest BCUT2D eigenvalue weighted by Crippen LogP contribution is 2.46. The maximum atomic E-state index is 12.8. The van der Waals surface area contributed by atoms with Crippen molar-refractivity contribution in [1.29, 1.82) is 0 Å². The molecule has 3 rings (SSSR count). The van der Waals surface area contributed by atoms with Crippen molar-refractivity contribution in [3.8, 4) is 0 Å². The molecule has 2 atom stereocenters. The number of rotatable bonds is 0. The first-order valence-corrected chi connectivity index (χ1v) is 8.60. The first-order chi connectivity index (χ1) is 10.3. The molecule has 4 nitrogen and oxygen atoms in total. The van der Waals surface area contributed by atoms with Crippen LogP contribution in [0.5, 0.6) is 0 Å². The Bertz CT molecular complexity index is 609. The Morgan fingerprint density at radius 1 is 1.41 bits per heavy atom.